The molecule has 88 valence electrons. The number of hydrogen-bond acceptors (Lipinski definition) is 1. The summed E-state index contributed by atoms with van der Waals surface area (Å²) in [5.74, 6) is 0.0788. The molecular weight excluding hydrogens is 222 g/mol. The van der Waals surface area contributed by atoms with Crippen molar-refractivity contribution in [1.82, 2.24) is 0 Å². The third kappa shape index (κ3) is 1.86. The quantitative estimate of drug-likeness (QED) is 0.387. The Bertz CT molecular complexity index is 756. The minimum atomic E-state index is 0.0788. The third-order valence-corrected chi connectivity index (χ3v) is 2.95. The number of hydrogen-bond donors (Lipinski definition) is 2. The monoisotopic (exact) mass is 235 g/mol. The molecule has 0 aliphatic rings. The van der Waals surface area contributed by atoms with Crippen LogP contribution in [-0.2, 0) is 0 Å². The molecule has 0 aliphatic carbocycles. The fraction of sp³-hybridized carbons (Fsp3) is 0. The predicted molar refractivity (Wildman–Crippen MR) is 76.9 cm³/mol. The average Bonchev–Trinajstić information content (AvgIpc) is 2.35. The Morgan fingerprint density at radius 1 is 0.722 bits per heavy atom. The number of fused-ring (bicyclic) bond motifs is 2. The molecule has 0 spiro atoms. The first-order valence-corrected chi connectivity index (χ1v) is 5.74. The zero-order valence-electron chi connectivity index (χ0n) is 9.80. The van der Waals surface area contributed by atoms with Gasteiger partial charge in [-0.25, -0.2) is 4.99 Å². The van der Waals surface area contributed by atoms with E-state index in [1.54, 1.807) is 0 Å². The van der Waals surface area contributed by atoms with Crippen molar-refractivity contribution in [2.24, 2.45) is 16.5 Å². The number of nitrogens with zero attached hydrogens (tertiary/aromatic N) is 1. The van der Waals surface area contributed by atoms with Crippen LogP contribution in [0.2, 0.25) is 0 Å². The van der Waals surface area contributed by atoms with Crippen molar-refractivity contribution in [2.45, 2.75) is 0 Å². The Morgan fingerprint density at radius 2 is 1.33 bits per heavy atom. The Kier molecular flexibility index (Phi) is 2.38. The van der Waals surface area contributed by atoms with Crippen molar-refractivity contribution in [2.75, 3.05) is 0 Å². The maximum Gasteiger partial charge on any atom is 0.191 e. The first kappa shape index (κ1) is 10.6. The van der Waals surface area contributed by atoms with Crippen LogP contribution < -0.4 is 11.5 Å². The third-order valence-electron chi connectivity index (χ3n) is 2.95. The summed E-state index contributed by atoms with van der Waals surface area (Å²) in [6, 6.07) is 18.5. The zero-order chi connectivity index (χ0) is 12.5. The summed E-state index contributed by atoms with van der Waals surface area (Å²) in [5.41, 5.74) is 11.5. The second-order valence-corrected chi connectivity index (χ2v) is 4.27. The lowest BCUT2D eigenvalue weighted by atomic mass is 10.0. The van der Waals surface area contributed by atoms with E-state index in [0.717, 1.165) is 11.1 Å². The molecule has 0 saturated carbocycles. The van der Waals surface area contributed by atoms with Gasteiger partial charge in [-0.1, -0.05) is 30.3 Å². The van der Waals surface area contributed by atoms with Crippen LogP contribution in [0.25, 0.3) is 21.5 Å². The van der Waals surface area contributed by atoms with Crippen LogP contribution in [0.15, 0.2) is 59.6 Å². The lowest BCUT2D eigenvalue weighted by Gasteiger charge is -2.03. The van der Waals surface area contributed by atoms with Gasteiger partial charge in [-0.05, 0) is 45.8 Å². The van der Waals surface area contributed by atoms with Gasteiger partial charge >= 0.3 is 0 Å². The molecular formula is C15H13N3. The van der Waals surface area contributed by atoms with Crippen molar-refractivity contribution in [3.05, 3.63) is 54.6 Å². The van der Waals surface area contributed by atoms with E-state index in [1.165, 1.54) is 16.2 Å². The molecule has 0 bridgehead atoms. The Hall–Kier alpha value is -2.55. The number of rotatable bonds is 1. The molecule has 0 aliphatic heterocycles. The predicted octanol–water partition coefficient (Wildman–Crippen LogP) is 2.90. The first-order valence-electron chi connectivity index (χ1n) is 5.74. The fourth-order valence-corrected chi connectivity index (χ4v) is 2.15. The molecule has 0 amide bonds. The van der Waals surface area contributed by atoms with Gasteiger partial charge in [-0.15, -0.1) is 0 Å². The van der Waals surface area contributed by atoms with E-state index in [4.69, 9.17) is 11.5 Å². The SMILES string of the molecule is NC(N)=Nc1ccc2cc3ccccc3cc2c1. The van der Waals surface area contributed by atoms with E-state index in [1.807, 2.05) is 30.3 Å². The number of benzene rings is 3. The minimum absolute atomic E-state index is 0.0788. The summed E-state index contributed by atoms with van der Waals surface area (Å²) in [5, 5.41) is 4.77. The molecule has 3 aromatic rings. The number of nitrogens with two attached hydrogens (primary N) is 2. The number of aliphatic imine (C=N–C) groups is 1. The molecule has 0 unspecified atom stereocenters. The highest BCUT2D eigenvalue weighted by molar-refractivity contribution is 5.99. The van der Waals surface area contributed by atoms with Crippen LogP contribution in [0.1, 0.15) is 0 Å². The van der Waals surface area contributed by atoms with E-state index < -0.39 is 0 Å². The highest BCUT2D eigenvalue weighted by Gasteiger charge is 1.99. The fourth-order valence-electron chi connectivity index (χ4n) is 2.15. The normalized spacial score (nSPS) is 10.7. The van der Waals surface area contributed by atoms with Crippen LogP contribution in [0.5, 0.6) is 0 Å². The summed E-state index contributed by atoms with van der Waals surface area (Å²) in [4.78, 5) is 4.06. The molecule has 3 rings (SSSR count). The lowest BCUT2D eigenvalue weighted by molar-refractivity contribution is 1.43. The van der Waals surface area contributed by atoms with Crippen molar-refractivity contribution < 1.29 is 0 Å². The van der Waals surface area contributed by atoms with E-state index in [0.29, 0.717) is 0 Å². The Labute approximate surface area is 105 Å². The van der Waals surface area contributed by atoms with Crippen molar-refractivity contribution >= 4 is 33.2 Å². The molecule has 0 heterocycles. The van der Waals surface area contributed by atoms with Gasteiger partial charge < -0.3 is 11.5 Å². The second-order valence-electron chi connectivity index (χ2n) is 4.27. The minimum Gasteiger partial charge on any atom is -0.370 e. The van der Waals surface area contributed by atoms with E-state index in [-0.39, 0.29) is 5.96 Å². The molecule has 4 N–H and O–H groups in total. The van der Waals surface area contributed by atoms with Crippen LogP contribution in [-0.4, -0.2) is 5.96 Å². The summed E-state index contributed by atoms with van der Waals surface area (Å²) in [6.45, 7) is 0. The molecule has 0 fully saturated rings. The van der Waals surface area contributed by atoms with E-state index >= 15 is 0 Å². The van der Waals surface area contributed by atoms with Crippen LogP contribution >= 0.6 is 0 Å². The zero-order valence-corrected chi connectivity index (χ0v) is 9.80. The average molecular weight is 235 g/mol. The lowest BCUT2D eigenvalue weighted by Crippen LogP contribution is -2.21. The van der Waals surface area contributed by atoms with Crippen molar-refractivity contribution in [3.8, 4) is 0 Å². The summed E-state index contributed by atoms with van der Waals surface area (Å²) in [7, 11) is 0. The standard InChI is InChI=1S/C15H13N3/c16-15(17)18-14-6-5-12-7-10-3-1-2-4-11(10)8-13(12)9-14/h1-9H,(H4,16,17,18). The van der Waals surface area contributed by atoms with Crippen LogP contribution in [0, 0.1) is 0 Å². The summed E-state index contributed by atoms with van der Waals surface area (Å²) < 4.78 is 0. The van der Waals surface area contributed by atoms with Gasteiger partial charge in [-0.3, -0.25) is 0 Å². The summed E-state index contributed by atoms with van der Waals surface area (Å²) in [6.07, 6.45) is 0. The van der Waals surface area contributed by atoms with Crippen molar-refractivity contribution in [3.63, 3.8) is 0 Å². The molecule has 3 nitrogen and oxygen atoms in total. The van der Waals surface area contributed by atoms with Gasteiger partial charge in [0.2, 0.25) is 0 Å². The molecule has 0 radical (unpaired) electrons. The number of guanidine groups is 1. The molecule has 3 aromatic carbocycles. The van der Waals surface area contributed by atoms with Gasteiger partial charge in [0.05, 0.1) is 5.69 Å². The highest BCUT2D eigenvalue weighted by Crippen LogP contribution is 2.26. The maximum absolute atomic E-state index is 5.39. The molecule has 0 saturated heterocycles. The van der Waals surface area contributed by atoms with Gasteiger partial charge in [0.25, 0.3) is 0 Å². The van der Waals surface area contributed by atoms with Gasteiger partial charge in [-0.2, -0.15) is 0 Å². The summed E-state index contributed by atoms with van der Waals surface area (Å²) >= 11 is 0. The molecule has 3 heteroatoms. The Morgan fingerprint density at radius 3 is 2.00 bits per heavy atom. The van der Waals surface area contributed by atoms with E-state index in [9.17, 15) is 0 Å². The Balaban J connectivity index is 2.27. The highest BCUT2D eigenvalue weighted by atomic mass is 15.0. The van der Waals surface area contributed by atoms with Gasteiger partial charge in [0.15, 0.2) is 5.96 Å². The van der Waals surface area contributed by atoms with Gasteiger partial charge in [0, 0.05) is 0 Å². The molecule has 0 aromatic heterocycles. The van der Waals surface area contributed by atoms with Crippen LogP contribution in [0.4, 0.5) is 5.69 Å². The van der Waals surface area contributed by atoms with Crippen LogP contribution in [0.3, 0.4) is 0 Å². The first-order chi connectivity index (χ1) is 8.72. The molecule has 18 heavy (non-hydrogen) atoms. The maximum atomic E-state index is 5.39. The van der Waals surface area contributed by atoms with Crippen molar-refractivity contribution in [1.29, 1.82) is 0 Å². The topological polar surface area (TPSA) is 64.4 Å². The van der Waals surface area contributed by atoms with E-state index in [2.05, 4.69) is 29.3 Å². The smallest absolute Gasteiger partial charge is 0.191 e. The second kappa shape index (κ2) is 4.04. The molecule has 0 atom stereocenters. The largest absolute Gasteiger partial charge is 0.370 e. The van der Waals surface area contributed by atoms with Gasteiger partial charge in [0.1, 0.15) is 0 Å².